The maximum absolute atomic E-state index is 5.99. The molecule has 1 aliphatic heterocycles. The van der Waals surface area contributed by atoms with Gasteiger partial charge in [-0.3, -0.25) is 0 Å². The first-order valence-electron chi connectivity index (χ1n) is 6.40. The van der Waals surface area contributed by atoms with Gasteiger partial charge in [-0.1, -0.05) is 19.1 Å². The summed E-state index contributed by atoms with van der Waals surface area (Å²) in [5, 5.41) is 3.42. The van der Waals surface area contributed by atoms with Crippen molar-refractivity contribution in [2.45, 2.75) is 31.9 Å². The fourth-order valence-corrected chi connectivity index (χ4v) is 2.15. The van der Waals surface area contributed by atoms with Crippen LogP contribution in [0.3, 0.4) is 0 Å². The van der Waals surface area contributed by atoms with Crippen LogP contribution < -0.4 is 14.8 Å². The maximum atomic E-state index is 5.99. The number of hydrogen-bond acceptors (Lipinski definition) is 3. The van der Waals surface area contributed by atoms with E-state index < -0.39 is 0 Å². The van der Waals surface area contributed by atoms with E-state index in [2.05, 4.69) is 18.2 Å². The molecule has 3 nitrogen and oxygen atoms in total. The zero-order valence-electron chi connectivity index (χ0n) is 10.7. The van der Waals surface area contributed by atoms with Gasteiger partial charge >= 0.3 is 0 Å². The van der Waals surface area contributed by atoms with E-state index in [-0.39, 0.29) is 12.1 Å². The molecule has 0 fully saturated rings. The van der Waals surface area contributed by atoms with Gasteiger partial charge in [-0.25, -0.2) is 0 Å². The molecule has 0 saturated heterocycles. The summed E-state index contributed by atoms with van der Waals surface area (Å²) in [7, 11) is 0. The van der Waals surface area contributed by atoms with E-state index >= 15 is 0 Å². The molecule has 1 heterocycles. The normalized spacial score (nSPS) is 19.0. The zero-order valence-corrected chi connectivity index (χ0v) is 10.7. The maximum Gasteiger partial charge on any atom is 0.161 e. The Morgan fingerprint density at radius 1 is 1.44 bits per heavy atom. The van der Waals surface area contributed by atoms with E-state index in [1.54, 1.807) is 0 Å². The molecule has 0 saturated carbocycles. The van der Waals surface area contributed by atoms with E-state index in [9.17, 15) is 0 Å². The molecule has 0 amide bonds. The van der Waals surface area contributed by atoms with Gasteiger partial charge in [0.25, 0.3) is 0 Å². The largest absolute Gasteiger partial charge is 0.486 e. The van der Waals surface area contributed by atoms with Gasteiger partial charge in [-0.2, -0.15) is 0 Å². The monoisotopic (exact) mass is 245 g/mol. The summed E-state index contributed by atoms with van der Waals surface area (Å²) in [4.78, 5) is 0. The molecule has 0 aliphatic carbocycles. The first-order chi connectivity index (χ1) is 8.85. The molecule has 0 spiro atoms. The van der Waals surface area contributed by atoms with E-state index in [0.717, 1.165) is 30.9 Å². The molecule has 0 radical (unpaired) electrons. The third-order valence-corrected chi connectivity index (χ3v) is 3.05. The highest BCUT2D eigenvalue weighted by Gasteiger charge is 2.27. The molecule has 1 aromatic carbocycles. The Hall–Kier alpha value is -1.66. The highest BCUT2D eigenvalue weighted by Crippen LogP contribution is 2.32. The van der Waals surface area contributed by atoms with Gasteiger partial charge in [0.05, 0.1) is 0 Å². The van der Waals surface area contributed by atoms with Crippen molar-refractivity contribution in [3.05, 3.63) is 24.3 Å². The molecular weight excluding hydrogens is 226 g/mol. The Kier molecular flexibility index (Phi) is 4.49. The van der Waals surface area contributed by atoms with Crippen molar-refractivity contribution in [1.82, 2.24) is 5.32 Å². The summed E-state index contributed by atoms with van der Waals surface area (Å²) >= 11 is 0. The lowest BCUT2D eigenvalue weighted by atomic mass is 10.0. The Morgan fingerprint density at radius 3 is 2.94 bits per heavy atom. The highest BCUT2D eigenvalue weighted by molar-refractivity contribution is 5.40. The average molecular weight is 245 g/mol. The second-order valence-electron chi connectivity index (χ2n) is 4.32. The van der Waals surface area contributed by atoms with Gasteiger partial charge in [-0.05, 0) is 25.1 Å². The summed E-state index contributed by atoms with van der Waals surface area (Å²) in [5.41, 5.74) is 0. The number of ether oxygens (including phenoxy) is 2. The van der Waals surface area contributed by atoms with Crippen LogP contribution in [-0.2, 0) is 0 Å². The lowest BCUT2D eigenvalue weighted by Gasteiger charge is -2.32. The summed E-state index contributed by atoms with van der Waals surface area (Å²) in [6.45, 7) is 3.55. The van der Waals surface area contributed by atoms with Crippen LogP contribution in [0.25, 0.3) is 0 Å². The van der Waals surface area contributed by atoms with Crippen LogP contribution >= 0.6 is 0 Å². The number of para-hydroxylation sites is 2. The topological polar surface area (TPSA) is 30.5 Å². The SMILES string of the molecule is C#CCCC(NCC)C1COc2ccccc2O1. The first kappa shape index (κ1) is 12.8. The van der Waals surface area contributed by atoms with Crippen LogP contribution in [0.4, 0.5) is 0 Å². The van der Waals surface area contributed by atoms with E-state index in [1.807, 2.05) is 24.3 Å². The van der Waals surface area contributed by atoms with Crippen LogP contribution in [0.5, 0.6) is 11.5 Å². The molecule has 0 aromatic heterocycles. The number of fused-ring (bicyclic) bond motifs is 1. The molecule has 3 heteroatoms. The van der Waals surface area contributed by atoms with Gasteiger partial charge in [0.1, 0.15) is 12.7 Å². The summed E-state index contributed by atoms with van der Waals surface area (Å²) in [6.07, 6.45) is 7.00. The van der Waals surface area contributed by atoms with Crippen molar-refractivity contribution in [3.63, 3.8) is 0 Å². The smallest absolute Gasteiger partial charge is 0.161 e. The van der Waals surface area contributed by atoms with E-state index in [4.69, 9.17) is 15.9 Å². The van der Waals surface area contributed by atoms with Gasteiger partial charge in [0.2, 0.25) is 0 Å². The van der Waals surface area contributed by atoms with Crippen molar-refractivity contribution < 1.29 is 9.47 Å². The Balaban J connectivity index is 2.03. The number of nitrogens with one attached hydrogen (secondary N) is 1. The molecule has 1 N–H and O–H groups in total. The predicted molar refractivity (Wildman–Crippen MR) is 71.9 cm³/mol. The average Bonchev–Trinajstić information content (AvgIpc) is 2.43. The van der Waals surface area contributed by atoms with Crippen molar-refractivity contribution >= 4 is 0 Å². The van der Waals surface area contributed by atoms with Gasteiger partial charge in [0.15, 0.2) is 11.5 Å². The van der Waals surface area contributed by atoms with Crippen LogP contribution in [0, 0.1) is 12.3 Å². The molecule has 2 unspecified atom stereocenters. The standard InChI is InChI=1S/C15H19NO2/c1-3-5-8-12(16-4-2)15-11-17-13-9-6-7-10-14(13)18-15/h1,6-7,9-10,12,15-16H,4-5,8,11H2,2H3. The van der Waals surface area contributed by atoms with Crippen LogP contribution in [-0.4, -0.2) is 25.3 Å². The van der Waals surface area contributed by atoms with Crippen LogP contribution in [0.2, 0.25) is 0 Å². The Labute approximate surface area is 108 Å². The van der Waals surface area contributed by atoms with Crippen molar-refractivity contribution in [1.29, 1.82) is 0 Å². The third-order valence-electron chi connectivity index (χ3n) is 3.05. The van der Waals surface area contributed by atoms with Crippen LogP contribution in [0.1, 0.15) is 19.8 Å². The van der Waals surface area contributed by atoms with Crippen molar-refractivity contribution in [3.8, 4) is 23.8 Å². The van der Waals surface area contributed by atoms with Gasteiger partial charge in [0, 0.05) is 12.5 Å². The summed E-state index contributed by atoms with van der Waals surface area (Å²) in [5.74, 6) is 4.32. The first-order valence-corrected chi connectivity index (χ1v) is 6.40. The zero-order chi connectivity index (χ0) is 12.8. The molecule has 18 heavy (non-hydrogen) atoms. The number of likely N-dealkylation sites (N-methyl/N-ethyl adjacent to an activating group) is 1. The van der Waals surface area contributed by atoms with Gasteiger partial charge < -0.3 is 14.8 Å². The minimum atomic E-state index is 0.0215. The molecular formula is C15H19NO2. The number of rotatable bonds is 5. The van der Waals surface area contributed by atoms with Crippen molar-refractivity contribution in [2.24, 2.45) is 0 Å². The van der Waals surface area contributed by atoms with Crippen molar-refractivity contribution in [2.75, 3.05) is 13.2 Å². The third kappa shape index (κ3) is 2.96. The minimum Gasteiger partial charge on any atom is -0.486 e. The predicted octanol–water partition coefficient (Wildman–Crippen LogP) is 2.22. The Morgan fingerprint density at radius 2 is 2.22 bits per heavy atom. The second kappa shape index (κ2) is 6.32. The highest BCUT2D eigenvalue weighted by atomic mass is 16.6. The number of terminal acetylenes is 1. The van der Waals surface area contributed by atoms with Gasteiger partial charge in [-0.15, -0.1) is 12.3 Å². The fourth-order valence-electron chi connectivity index (χ4n) is 2.15. The fraction of sp³-hybridized carbons (Fsp3) is 0.467. The van der Waals surface area contributed by atoms with E-state index in [1.165, 1.54) is 0 Å². The lowest BCUT2D eigenvalue weighted by molar-refractivity contribution is 0.0604. The molecule has 1 aliphatic rings. The minimum absolute atomic E-state index is 0.0215. The number of benzene rings is 1. The number of hydrogen-bond donors (Lipinski definition) is 1. The molecule has 1 aromatic rings. The lowest BCUT2D eigenvalue weighted by Crippen LogP contribution is -2.47. The molecule has 2 atom stereocenters. The summed E-state index contributed by atoms with van der Waals surface area (Å²) < 4.78 is 11.7. The van der Waals surface area contributed by atoms with Crippen LogP contribution in [0.15, 0.2) is 24.3 Å². The Bertz CT molecular complexity index is 425. The van der Waals surface area contributed by atoms with E-state index in [0.29, 0.717) is 6.61 Å². The molecule has 0 bridgehead atoms. The molecule has 96 valence electrons. The summed E-state index contributed by atoms with van der Waals surface area (Å²) in [6, 6.07) is 8.00. The molecule has 2 rings (SSSR count). The second-order valence-corrected chi connectivity index (χ2v) is 4.32. The quantitative estimate of drug-likeness (QED) is 0.807.